The van der Waals surface area contributed by atoms with Gasteiger partial charge in [-0.25, -0.2) is 9.07 Å². The number of rotatable bonds is 7. The predicted octanol–water partition coefficient (Wildman–Crippen LogP) is 5.39. The molecule has 1 aliphatic carbocycles. The molecule has 1 aliphatic heterocycles. The molecule has 1 saturated carbocycles. The van der Waals surface area contributed by atoms with E-state index < -0.39 is 46.9 Å². The Labute approximate surface area is 249 Å². The molecule has 0 unspecified atom stereocenters. The first-order valence-electron chi connectivity index (χ1n) is 14.0. The zero-order chi connectivity index (χ0) is 31.2. The van der Waals surface area contributed by atoms with Gasteiger partial charge in [0.2, 0.25) is 0 Å². The van der Waals surface area contributed by atoms with Crippen LogP contribution in [0.3, 0.4) is 0 Å². The molecule has 1 aromatic heterocycles. The number of hydrogen-bond donors (Lipinski definition) is 2. The van der Waals surface area contributed by atoms with E-state index in [1.165, 1.54) is 35.2 Å². The normalized spacial score (nSPS) is 18.7. The average Bonchev–Trinajstić information content (AvgIpc) is 3.69. The van der Waals surface area contributed by atoms with Crippen LogP contribution < -0.4 is 15.5 Å². The fourth-order valence-corrected chi connectivity index (χ4v) is 5.85. The van der Waals surface area contributed by atoms with Crippen molar-refractivity contribution in [3.05, 3.63) is 113 Å². The number of carbonyl (C=O) groups is 2. The minimum absolute atomic E-state index is 0.175. The first-order chi connectivity index (χ1) is 21.1. The summed E-state index contributed by atoms with van der Waals surface area (Å²) in [5, 5.41) is 20.1. The van der Waals surface area contributed by atoms with Gasteiger partial charge in [0.25, 0.3) is 11.8 Å². The van der Waals surface area contributed by atoms with Crippen LogP contribution in [-0.2, 0) is 16.5 Å². The molecule has 12 heteroatoms. The fraction of sp³-hybridized carbons (Fsp3) is 0.250. The number of benzene rings is 3. The Morgan fingerprint density at radius 2 is 1.77 bits per heavy atom. The minimum atomic E-state index is -4.67. The number of carbonyl (C=O) groups excluding carboxylic acids is 2. The number of nitriles is 1. The van der Waals surface area contributed by atoms with Gasteiger partial charge >= 0.3 is 6.18 Å². The van der Waals surface area contributed by atoms with Gasteiger partial charge in [-0.05, 0) is 67.8 Å². The number of hydrogen-bond acceptors (Lipinski definition) is 5. The van der Waals surface area contributed by atoms with Gasteiger partial charge in [0.15, 0.2) is 6.19 Å². The van der Waals surface area contributed by atoms with Gasteiger partial charge in [-0.15, -0.1) is 0 Å². The number of halogens is 4. The molecule has 2 amide bonds. The summed E-state index contributed by atoms with van der Waals surface area (Å²) in [5.74, 6) is -2.39. The number of nitrogens with zero attached hydrogens (tertiary/aromatic N) is 4. The Hall–Kier alpha value is -5.18. The van der Waals surface area contributed by atoms with E-state index in [0.29, 0.717) is 41.2 Å². The van der Waals surface area contributed by atoms with E-state index in [-0.39, 0.29) is 12.1 Å². The van der Waals surface area contributed by atoms with E-state index in [1.807, 2.05) is 36.5 Å². The van der Waals surface area contributed by atoms with Crippen LogP contribution >= 0.6 is 0 Å². The van der Waals surface area contributed by atoms with Crippen LogP contribution in [0.4, 0.5) is 23.4 Å². The summed E-state index contributed by atoms with van der Waals surface area (Å²) in [5.41, 5.74) is 0.0766. The monoisotopic (exact) mass is 602 g/mol. The standard InChI is InChI=1S/C32H26F4N6O2/c1-2-41-29-25(27(31(15-16-31)38-18-37)40-42(29)23-9-4-3-5-10-23)24(19-11-13-22(33)14-12-19)26(30(41)44)39-28(43)20-7-6-8-21(17-20)32(34,35)36/h3-14,17,24,26,38H,2,15-16H2,1H3,(H,39,43)/t24-,26+/m1/s1. The molecule has 4 aromatic rings. The lowest BCUT2D eigenvalue weighted by atomic mass is 9.79. The topological polar surface area (TPSA) is 103 Å². The summed E-state index contributed by atoms with van der Waals surface area (Å²) in [6.07, 6.45) is -1.50. The van der Waals surface area contributed by atoms with E-state index in [9.17, 15) is 32.4 Å². The second-order valence-corrected chi connectivity index (χ2v) is 10.8. The number of fused-ring (bicyclic) bond motifs is 1. The largest absolute Gasteiger partial charge is 0.416 e. The Morgan fingerprint density at radius 1 is 1.07 bits per heavy atom. The number of nitrogens with one attached hydrogen (secondary N) is 2. The van der Waals surface area contributed by atoms with Crippen LogP contribution in [-0.4, -0.2) is 34.2 Å². The third-order valence-corrected chi connectivity index (χ3v) is 8.11. The van der Waals surface area contributed by atoms with E-state index in [4.69, 9.17) is 5.10 Å². The molecule has 0 spiro atoms. The van der Waals surface area contributed by atoms with Crippen LogP contribution in [0.15, 0.2) is 78.9 Å². The van der Waals surface area contributed by atoms with Crippen molar-refractivity contribution in [3.8, 4) is 11.9 Å². The van der Waals surface area contributed by atoms with E-state index >= 15 is 0 Å². The third-order valence-electron chi connectivity index (χ3n) is 8.11. The molecular formula is C32H26F4N6O2. The van der Waals surface area contributed by atoms with Crippen LogP contribution in [0.1, 0.15) is 58.4 Å². The third kappa shape index (κ3) is 4.94. The maximum absolute atomic E-state index is 14.3. The van der Waals surface area contributed by atoms with Crippen molar-refractivity contribution >= 4 is 17.6 Å². The highest BCUT2D eigenvalue weighted by Gasteiger charge is 2.54. The molecule has 8 nitrogen and oxygen atoms in total. The number of alkyl halides is 3. The molecule has 2 atom stereocenters. The SMILES string of the molecule is CCN1C(=O)[C@@H](NC(=O)c2cccc(C(F)(F)F)c2)[C@H](c2ccc(F)cc2)c2c(C3(NC#N)CC3)nn(-c3ccccc3)c21. The number of aromatic nitrogens is 2. The minimum Gasteiger partial charge on any atom is -0.339 e. The lowest BCUT2D eigenvalue weighted by Gasteiger charge is -2.39. The summed E-state index contributed by atoms with van der Waals surface area (Å²) < 4.78 is 56.1. The molecule has 3 aromatic carbocycles. The fourth-order valence-electron chi connectivity index (χ4n) is 5.85. The molecule has 2 heterocycles. The zero-order valence-corrected chi connectivity index (χ0v) is 23.4. The Morgan fingerprint density at radius 3 is 2.39 bits per heavy atom. The van der Waals surface area contributed by atoms with Crippen LogP contribution in [0.5, 0.6) is 0 Å². The summed E-state index contributed by atoms with van der Waals surface area (Å²) in [6, 6.07) is 17.3. The van der Waals surface area contributed by atoms with Crippen molar-refractivity contribution in [2.24, 2.45) is 0 Å². The average molecular weight is 603 g/mol. The van der Waals surface area contributed by atoms with Crippen LogP contribution in [0.2, 0.25) is 0 Å². The van der Waals surface area contributed by atoms with E-state index in [0.717, 1.165) is 18.2 Å². The highest BCUT2D eigenvalue weighted by Crippen LogP contribution is 2.53. The van der Waals surface area contributed by atoms with Gasteiger partial charge < -0.3 is 10.6 Å². The molecule has 44 heavy (non-hydrogen) atoms. The van der Waals surface area contributed by atoms with Crippen molar-refractivity contribution in [3.63, 3.8) is 0 Å². The summed E-state index contributed by atoms with van der Waals surface area (Å²) in [7, 11) is 0. The van der Waals surface area contributed by atoms with Gasteiger partial charge in [0.1, 0.15) is 17.7 Å². The molecule has 224 valence electrons. The smallest absolute Gasteiger partial charge is 0.339 e. The van der Waals surface area contributed by atoms with Crippen molar-refractivity contribution in [2.45, 2.75) is 43.4 Å². The Kier molecular flexibility index (Phi) is 7.11. The summed E-state index contributed by atoms with van der Waals surface area (Å²) in [6.45, 7) is 1.93. The molecule has 6 rings (SSSR count). The predicted molar refractivity (Wildman–Crippen MR) is 152 cm³/mol. The molecule has 2 aliphatic rings. The molecule has 0 radical (unpaired) electrons. The Balaban J connectivity index is 1.56. The van der Waals surface area contributed by atoms with Crippen molar-refractivity contribution in [1.29, 1.82) is 5.26 Å². The van der Waals surface area contributed by atoms with Gasteiger partial charge in [-0.2, -0.15) is 23.5 Å². The van der Waals surface area contributed by atoms with Crippen LogP contribution in [0.25, 0.3) is 5.69 Å². The van der Waals surface area contributed by atoms with E-state index in [1.54, 1.807) is 11.6 Å². The lowest BCUT2D eigenvalue weighted by molar-refractivity contribution is -0.137. The maximum atomic E-state index is 14.3. The summed E-state index contributed by atoms with van der Waals surface area (Å²) in [4.78, 5) is 29.3. The number of anilines is 1. The number of amides is 2. The quantitative estimate of drug-likeness (QED) is 0.168. The first-order valence-corrected chi connectivity index (χ1v) is 14.0. The number of likely N-dealkylation sites (N-methyl/N-ethyl adjacent to an activating group) is 1. The highest BCUT2D eigenvalue weighted by atomic mass is 19.4. The Bertz CT molecular complexity index is 1780. The van der Waals surface area contributed by atoms with Crippen molar-refractivity contribution in [2.75, 3.05) is 11.4 Å². The van der Waals surface area contributed by atoms with Gasteiger partial charge in [0.05, 0.1) is 22.5 Å². The summed E-state index contributed by atoms with van der Waals surface area (Å²) >= 11 is 0. The molecule has 1 fully saturated rings. The lowest BCUT2D eigenvalue weighted by Crippen LogP contribution is -2.55. The van der Waals surface area contributed by atoms with Gasteiger partial charge in [0, 0.05) is 23.6 Å². The van der Waals surface area contributed by atoms with Crippen LogP contribution in [0, 0.1) is 17.3 Å². The van der Waals surface area contributed by atoms with E-state index in [2.05, 4.69) is 10.6 Å². The second-order valence-electron chi connectivity index (χ2n) is 10.8. The number of para-hydroxylation sites is 1. The first kappa shape index (κ1) is 28.9. The molecule has 0 bridgehead atoms. The maximum Gasteiger partial charge on any atom is 0.416 e. The second kappa shape index (κ2) is 10.8. The molecule has 2 N–H and O–H groups in total. The van der Waals surface area contributed by atoms with Gasteiger partial charge in [-0.3, -0.25) is 14.5 Å². The molecule has 0 saturated heterocycles. The zero-order valence-electron chi connectivity index (χ0n) is 23.4. The highest BCUT2D eigenvalue weighted by molar-refractivity contribution is 6.05. The van der Waals surface area contributed by atoms with Gasteiger partial charge in [-0.1, -0.05) is 36.4 Å². The van der Waals surface area contributed by atoms with Crippen molar-refractivity contribution in [1.82, 2.24) is 20.4 Å². The van der Waals surface area contributed by atoms with Crippen molar-refractivity contribution < 1.29 is 27.2 Å². The molecular weight excluding hydrogens is 576 g/mol.